The van der Waals surface area contributed by atoms with Crippen LogP contribution in [0.15, 0.2) is 36.7 Å². The highest BCUT2D eigenvalue weighted by molar-refractivity contribution is 6.06. The summed E-state index contributed by atoms with van der Waals surface area (Å²) in [6, 6.07) is 6.21. The molecule has 12 heteroatoms. The molecule has 0 bridgehead atoms. The number of hydrogen-bond donors (Lipinski definition) is 0. The third-order valence-corrected chi connectivity index (χ3v) is 7.53. The Labute approximate surface area is 275 Å². The molecule has 0 aliphatic rings. The number of aromatic nitrogens is 4. The van der Waals surface area contributed by atoms with Crippen molar-refractivity contribution in [2.75, 3.05) is 14.2 Å². The van der Waals surface area contributed by atoms with Crippen LogP contribution in [0.2, 0.25) is 0 Å². The molecule has 4 aromatic heterocycles. The van der Waals surface area contributed by atoms with Gasteiger partial charge in [-0.15, -0.1) is 0 Å². The van der Waals surface area contributed by atoms with Gasteiger partial charge in [-0.3, -0.25) is 14.4 Å². The number of rotatable bonds is 7. The smallest absolute Gasteiger partial charge is 0.341 e. The molecule has 4 heterocycles. The zero-order chi connectivity index (χ0) is 35.6. The molecule has 0 radical (unpaired) electrons. The molecule has 0 aromatic carbocycles. The maximum atomic E-state index is 12.7. The summed E-state index contributed by atoms with van der Waals surface area (Å²) < 4.78 is 14.6. The Hall–Kier alpha value is -4.58. The van der Waals surface area contributed by atoms with E-state index in [1.165, 1.54) is 14.0 Å². The fraction of sp³-hybridized carbons (Fsp3) is 0.486. The van der Waals surface area contributed by atoms with E-state index in [-0.39, 0.29) is 17.7 Å². The van der Waals surface area contributed by atoms with E-state index in [1.807, 2.05) is 67.5 Å². The number of carbonyl (C=O) groups is 4. The highest BCUT2D eigenvalue weighted by atomic mass is 16.7. The third kappa shape index (κ3) is 8.05. The minimum absolute atomic E-state index is 0.0152. The molecule has 2 unspecified atom stereocenters. The summed E-state index contributed by atoms with van der Waals surface area (Å²) in [6.07, 6.45) is 3.29. The first-order valence-corrected chi connectivity index (χ1v) is 15.4. The van der Waals surface area contributed by atoms with Crippen molar-refractivity contribution in [2.45, 2.75) is 99.4 Å². The van der Waals surface area contributed by atoms with E-state index in [4.69, 9.17) is 14.3 Å². The van der Waals surface area contributed by atoms with Crippen LogP contribution in [-0.2, 0) is 23.9 Å². The predicted molar refractivity (Wildman–Crippen MR) is 179 cm³/mol. The second-order valence-electron chi connectivity index (χ2n) is 13.4. The number of Topliss-reactive ketones (excluding diaryl/α,β-unsaturated/α-hetero) is 1. The summed E-state index contributed by atoms with van der Waals surface area (Å²) in [7, 11) is 2.97. The lowest BCUT2D eigenvalue weighted by Crippen LogP contribution is -2.32. The summed E-state index contributed by atoms with van der Waals surface area (Å²) in [5.74, 6) is -1.05. The molecule has 2 atom stereocenters. The number of pyridine rings is 2. The molecule has 0 saturated heterocycles. The van der Waals surface area contributed by atoms with Crippen molar-refractivity contribution in [3.8, 4) is 0 Å². The molecule has 0 fully saturated rings. The average Bonchev–Trinajstić information content (AvgIpc) is 3.43. The number of amides is 1. The van der Waals surface area contributed by atoms with Crippen molar-refractivity contribution in [1.29, 1.82) is 0 Å². The number of fused-ring (bicyclic) bond motifs is 2. The molecular formula is C35H47N5O7. The Morgan fingerprint density at radius 1 is 0.745 bits per heavy atom. The largest absolute Gasteiger partial charge is 0.456 e. The first-order chi connectivity index (χ1) is 21.7. The molecule has 0 aliphatic carbocycles. The number of ketones is 1. The van der Waals surface area contributed by atoms with Crippen LogP contribution in [0.25, 0.3) is 22.1 Å². The molecule has 4 aromatic rings. The Bertz CT molecular complexity index is 1810. The van der Waals surface area contributed by atoms with Gasteiger partial charge in [0.25, 0.3) is 5.91 Å². The van der Waals surface area contributed by atoms with Crippen LogP contribution in [0.1, 0.15) is 107 Å². The van der Waals surface area contributed by atoms with Crippen LogP contribution in [-0.4, -0.2) is 73.2 Å². The van der Waals surface area contributed by atoms with Gasteiger partial charge in [0, 0.05) is 41.6 Å². The second-order valence-corrected chi connectivity index (χ2v) is 13.4. The number of hydrogen-bond acceptors (Lipinski definition) is 9. The molecular weight excluding hydrogens is 602 g/mol. The van der Waals surface area contributed by atoms with Gasteiger partial charge in [0.05, 0.1) is 24.3 Å². The number of likely N-dealkylation sites (N-methyl/N-ethyl adjacent to an activating group) is 1. The number of nitrogens with zero attached hydrogens (tertiary/aromatic N) is 5. The zero-order valence-corrected chi connectivity index (χ0v) is 29.7. The van der Waals surface area contributed by atoms with Crippen molar-refractivity contribution >= 4 is 45.7 Å². The van der Waals surface area contributed by atoms with Gasteiger partial charge in [-0.2, -0.15) is 0 Å². The monoisotopic (exact) mass is 649 g/mol. The van der Waals surface area contributed by atoms with Gasteiger partial charge in [0.15, 0.2) is 5.78 Å². The van der Waals surface area contributed by atoms with Gasteiger partial charge in [0.1, 0.15) is 28.5 Å². The van der Waals surface area contributed by atoms with E-state index in [2.05, 4.69) is 9.97 Å². The number of carbonyl (C=O) groups excluding carboxylic acids is 4. The fourth-order valence-electron chi connectivity index (χ4n) is 5.28. The van der Waals surface area contributed by atoms with E-state index in [1.54, 1.807) is 54.6 Å². The molecule has 0 saturated carbocycles. The molecule has 0 aliphatic heterocycles. The standard InChI is InChI=1S/C18H25N3O4.C17H22N2O3/c1-11-14(17(23)25-18(3,4)5)13-9-8-10-19-15(13)21(11)12(2)16(22)20(6)24-7;1-10(12(3)20)19-11(2)14(16(21)22-17(4,5)6)13-8-7-9-18-15(13)19/h8-10,12H,1-7H3;7-10H,1-6H3. The Balaban J connectivity index is 0.000000257. The first kappa shape index (κ1) is 36.9. The first-order valence-electron chi connectivity index (χ1n) is 15.4. The van der Waals surface area contributed by atoms with Crippen molar-refractivity contribution in [2.24, 2.45) is 0 Å². The fourth-order valence-corrected chi connectivity index (χ4v) is 5.28. The second kappa shape index (κ2) is 14.0. The van der Waals surface area contributed by atoms with Crippen LogP contribution in [0, 0.1) is 13.8 Å². The van der Waals surface area contributed by atoms with Gasteiger partial charge in [-0.1, -0.05) is 0 Å². The molecule has 0 N–H and O–H groups in total. The summed E-state index contributed by atoms with van der Waals surface area (Å²) in [4.78, 5) is 63.3. The summed E-state index contributed by atoms with van der Waals surface area (Å²) >= 11 is 0. The van der Waals surface area contributed by atoms with E-state index in [0.717, 1.165) is 5.06 Å². The average molecular weight is 650 g/mol. The van der Waals surface area contributed by atoms with Crippen LogP contribution < -0.4 is 0 Å². The Morgan fingerprint density at radius 2 is 1.13 bits per heavy atom. The molecule has 47 heavy (non-hydrogen) atoms. The van der Waals surface area contributed by atoms with Crippen molar-refractivity contribution in [3.63, 3.8) is 0 Å². The maximum absolute atomic E-state index is 12.7. The topological polar surface area (TPSA) is 135 Å². The van der Waals surface area contributed by atoms with Gasteiger partial charge < -0.3 is 18.6 Å². The molecule has 1 amide bonds. The quantitative estimate of drug-likeness (QED) is 0.166. The van der Waals surface area contributed by atoms with Crippen LogP contribution >= 0.6 is 0 Å². The maximum Gasteiger partial charge on any atom is 0.341 e. The highest BCUT2D eigenvalue weighted by Crippen LogP contribution is 2.31. The molecule has 12 nitrogen and oxygen atoms in total. The van der Waals surface area contributed by atoms with Crippen molar-refractivity contribution < 1.29 is 33.5 Å². The normalized spacial score (nSPS) is 13.0. The molecule has 254 valence electrons. The van der Waals surface area contributed by atoms with Crippen LogP contribution in [0.5, 0.6) is 0 Å². The van der Waals surface area contributed by atoms with E-state index < -0.39 is 29.2 Å². The van der Waals surface area contributed by atoms with Gasteiger partial charge >= 0.3 is 11.9 Å². The van der Waals surface area contributed by atoms with Crippen LogP contribution in [0.4, 0.5) is 0 Å². The summed E-state index contributed by atoms with van der Waals surface area (Å²) in [5, 5.41) is 2.53. The van der Waals surface area contributed by atoms with Gasteiger partial charge in [0.2, 0.25) is 0 Å². The lowest BCUT2D eigenvalue weighted by atomic mass is 10.1. The minimum Gasteiger partial charge on any atom is -0.456 e. The number of ether oxygens (including phenoxy) is 2. The van der Waals surface area contributed by atoms with Crippen molar-refractivity contribution in [3.05, 3.63) is 59.2 Å². The van der Waals surface area contributed by atoms with Crippen molar-refractivity contribution in [1.82, 2.24) is 24.2 Å². The Kier molecular flexibility index (Phi) is 11.0. The lowest BCUT2D eigenvalue weighted by molar-refractivity contribution is -0.171. The van der Waals surface area contributed by atoms with E-state index >= 15 is 0 Å². The van der Waals surface area contributed by atoms with Gasteiger partial charge in [-0.05, 0) is 100 Å². The summed E-state index contributed by atoms with van der Waals surface area (Å²) in [6.45, 7) is 19.6. The zero-order valence-electron chi connectivity index (χ0n) is 29.7. The lowest BCUT2D eigenvalue weighted by Gasteiger charge is -2.22. The van der Waals surface area contributed by atoms with E-state index in [0.29, 0.717) is 44.6 Å². The van der Waals surface area contributed by atoms with Gasteiger partial charge in [-0.25, -0.2) is 24.6 Å². The SMILES string of the molecule is CC(=O)C(C)n1c(C)c(C(=O)OC(C)(C)C)c2cccnc21.CON(C)C(=O)C(C)n1c(C)c(C(=O)OC(C)(C)C)c2cccnc21. The minimum atomic E-state index is -0.613. The number of hydroxylamine groups is 2. The third-order valence-electron chi connectivity index (χ3n) is 7.53. The highest BCUT2D eigenvalue weighted by Gasteiger charge is 2.31. The number of esters is 2. The molecule has 4 rings (SSSR count). The predicted octanol–water partition coefficient (Wildman–Crippen LogP) is 6.33. The Morgan fingerprint density at radius 3 is 1.47 bits per heavy atom. The molecule has 0 spiro atoms. The van der Waals surface area contributed by atoms with E-state index in [9.17, 15) is 19.2 Å². The van der Waals surface area contributed by atoms with Crippen LogP contribution in [0.3, 0.4) is 0 Å². The summed E-state index contributed by atoms with van der Waals surface area (Å²) in [5.41, 5.74) is 2.24.